The predicted molar refractivity (Wildman–Crippen MR) is 252 cm³/mol. The lowest BCUT2D eigenvalue weighted by Gasteiger charge is -2.49. The van der Waals surface area contributed by atoms with Gasteiger partial charge in [0.15, 0.2) is 0 Å². The monoisotopic (exact) mass is 871 g/mol. The number of nitrogens with one attached hydrogen (secondary N) is 2. The topological polar surface area (TPSA) is 220 Å². The molecule has 14 N–H and O–H groups in total. The molecule has 12 heteroatoms. The van der Waals surface area contributed by atoms with Gasteiger partial charge in [0.05, 0.1) is 0 Å². The number of rotatable bonds is 15. The van der Waals surface area contributed by atoms with Gasteiger partial charge in [-0.1, -0.05) is 85.6 Å². The van der Waals surface area contributed by atoms with E-state index in [1.165, 1.54) is 116 Å². The average molecular weight is 872 g/mol. The second kappa shape index (κ2) is 30.7. The maximum atomic E-state index is 6.43. The van der Waals surface area contributed by atoms with Crippen molar-refractivity contribution in [2.24, 2.45) is 46.3 Å². The zero-order valence-electron chi connectivity index (χ0n) is 38.3. The molecule has 6 atom stereocenters. The van der Waals surface area contributed by atoms with Crippen LogP contribution in [-0.2, 0) is 0 Å². The normalized spacial score (nSPS) is 29.8. The maximum absolute atomic E-state index is 6.43. The summed E-state index contributed by atoms with van der Waals surface area (Å²) in [6, 6.07) is 0.563. The van der Waals surface area contributed by atoms with Crippen LogP contribution >= 0.6 is 23.2 Å². The number of halogens is 2. The third-order valence-electron chi connectivity index (χ3n) is 13.8. The molecule has 3 aliphatic carbocycles. The molecule has 58 heavy (non-hydrogen) atoms. The molecule has 0 bridgehead atoms. The molecule has 350 valence electrons. The van der Waals surface area contributed by atoms with Crippen molar-refractivity contribution in [1.29, 1.82) is 0 Å². The zero-order chi connectivity index (χ0) is 37.7. The SMILES string of the molecule is CC(C)[C@H](CN1CCC(C2=CCC(Cl)CC2)C(C)(C)C1)NCCC1C=CCC(CCNCCN2CCC(C3CCC(Cl)CC3)C(C)(C)C2)C1.CCC.O.O.O.O.O.O. The average Bonchev–Trinajstić information content (AvgIpc) is 3.09. The van der Waals surface area contributed by atoms with Crippen molar-refractivity contribution in [1.82, 2.24) is 20.4 Å². The van der Waals surface area contributed by atoms with Gasteiger partial charge in [-0.15, -0.1) is 23.2 Å². The fourth-order valence-electron chi connectivity index (χ4n) is 10.9. The van der Waals surface area contributed by atoms with Gasteiger partial charge in [0.25, 0.3) is 0 Å². The van der Waals surface area contributed by atoms with E-state index in [1.807, 2.05) is 0 Å². The Morgan fingerprint density at radius 2 is 1.38 bits per heavy atom. The summed E-state index contributed by atoms with van der Waals surface area (Å²) in [6.07, 6.45) is 25.2. The van der Waals surface area contributed by atoms with Crippen LogP contribution in [0.2, 0.25) is 0 Å². The minimum absolute atomic E-state index is 0. The van der Waals surface area contributed by atoms with Gasteiger partial charge >= 0.3 is 0 Å². The van der Waals surface area contributed by atoms with Gasteiger partial charge in [-0.05, 0) is 156 Å². The molecule has 0 radical (unpaired) electrons. The fourth-order valence-corrected chi connectivity index (χ4v) is 11.4. The Hall–Kier alpha value is -0.340. The van der Waals surface area contributed by atoms with Gasteiger partial charge in [-0.25, -0.2) is 0 Å². The van der Waals surface area contributed by atoms with Crippen molar-refractivity contribution in [2.75, 3.05) is 58.9 Å². The van der Waals surface area contributed by atoms with Crippen LogP contribution < -0.4 is 10.6 Å². The molecule has 5 rings (SSSR count). The first-order valence-electron chi connectivity index (χ1n) is 22.3. The van der Waals surface area contributed by atoms with Crippen LogP contribution in [0.1, 0.15) is 145 Å². The summed E-state index contributed by atoms with van der Waals surface area (Å²) in [7, 11) is 0. The van der Waals surface area contributed by atoms with Crippen molar-refractivity contribution in [3.05, 3.63) is 23.8 Å². The van der Waals surface area contributed by atoms with E-state index in [0.717, 1.165) is 62.1 Å². The number of hydrogen-bond donors (Lipinski definition) is 2. The first-order valence-corrected chi connectivity index (χ1v) is 23.2. The van der Waals surface area contributed by atoms with E-state index >= 15 is 0 Å². The van der Waals surface area contributed by atoms with E-state index in [2.05, 4.69) is 94.1 Å². The lowest BCUT2D eigenvalue weighted by molar-refractivity contribution is 0.0110. The molecule has 5 unspecified atom stereocenters. The molecule has 0 aromatic carbocycles. The molecule has 1 saturated carbocycles. The highest BCUT2D eigenvalue weighted by molar-refractivity contribution is 6.20. The number of likely N-dealkylation sites (tertiary alicyclic amines) is 2. The lowest BCUT2D eigenvalue weighted by atomic mass is 9.64. The number of nitrogens with zero attached hydrogens (tertiary/aromatic N) is 2. The lowest BCUT2D eigenvalue weighted by Crippen LogP contribution is -2.52. The van der Waals surface area contributed by atoms with Crippen LogP contribution in [0.4, 0.5) is 0 Å². The predicted octanol–water partition coefficient (Wildman–Crippen LogP) is 6.23. The largest absolute Gasteiger partial charge is 0.412 e. The minimum Gasteiger partial charge on any atom is -0.412 e. The van der Waals surface area contributed by atoms with Crippen molar-refractivity contribution in [3.8, 4) is 0 Å². The van der Waals surface area contributed by atoms with E-state index < -0.39 is 0 Å². The third kappa shape index (κ3) is 19.8. The molecule has 10 nitrogen and oxygen atoms in total. The van der Waals surface area contributed by atoms with E-state index in [4.69, 9.17) is 23.2 Å². The minimum atomic E-state index is 0. The van der Waals surface area contributed by atoms with E-state index in [-0.39, 0.29) is 32.9 Å². The van der Waals surface area contributed by atoms with Crippen molar-refractivity contribution >= 4 is 23.2 Å². The molecule has 2 saturated heterocycles. The molecular formula is C46H96Cl2N4O6. The van der Waals surface area contributed by atoms with Crippen LogP contribution in [0.15, 0.2) is 23.8 Å². The highest BCUT2D eigenvalue weighted by Gasteiger charge is 2.41. The Balaban J connectivity index is -0.00000326. The number of allylic oxidation sites excluding steroid dienone is 4. The van der Waals surface area contributed by atoms with E-state index in [0.29, 0.717) is 33.5 Å². The quantitative estimate of drug-likeness (QED) is 0.111. The highest BCUT2D eigenvalue weighted by atomic mass is 35.5. The summed E-state index contributed by atoms with van der Waals surface area (Å²) in [6.45, 7) is 29.9. The Morgan fingerprint density at radius 3 is 1.97 bits per heavy atom. The van der Waals surface area contributed by atoms with Gasteiger partial charge in [-0.2, -0.15) is 0 Å². The molecule has 2 heterocycles. The third-order valence-corrected chi connectivity index (χ3v) is 14.7. The maximum Gasteiger partial charge on any atom is 0.0373 e. The van der Waals surface area contributed by atoms with Crippen LogP contribution in [0.3, 0.4) is 0 Å². The summed E-state index contributed by atoms with van der Waals surface area (Å²) in [5, 5.41) is 8.65. The van der Waals surface area contributed by atoms with Gasteiger partial charge in [-0.3, -0.25) is 0 Å². The Labute approximate surface area is 366 Å². The summed E-state index contributed by atoms with van der Waals surface area (Å²) in [5.74, 6) is 4.71. The molecule has 0 spiro atoms. The smallest absolute Gasteiger partial charge is 0.0373 e. The second-order valence-electron chi connectivity index (χ2n) is 19.8. The molecule has 0 aromatic rings. The number of piperidine rings is 2. The van der Waals surface area contributed by atoms with Gasteiger partial charge < -0.3 is 53.3 Å². The van der Waals surface area contributed by atoms with Crippen LogP contribution in [0, 0.1) is 46.3 Å². The summed E-state index contributed by atoms with van der Waals surface area (Å²) in [4.78, 5) is 5.50. The highest BCUT2D eigenvalue weighted by Crippen LogP contribution is 2.46. The van der Waals surface area contributed by atoms with Gasteiger partial charge in [0, 0.05) is 49.5 Å². The van der Waals surface area contributed by atoms with Gasteiger partial charge in [0.2, 0.25) is 0 Å². The van der Waals surface area contributed by atoms with Crippen LogP contribution in [-0.4, -0.2) is 118 Å². The molecule has 3 fully saturated rings. The van der Waals surface area contributed by atoms with Gasteiger partial charge in [0.1, 0.15) is 0 Å². The van der Waals surface area contributed by atoms with Crippen molar-refractivity contribution in [3.63, 3.8) is 0 Å². The molecule has 0 amide bonds. The number of alkyl halides is 2. The molecule has 2 aliphatic heterocycles. The number of hydrogen-bond acceptors (Lipinski definition) is 4. The molecular weight excluding hydrogens is 775 g/mol. The standard InChI is InChI=1S/C43H76Cl2N4.C3H8.6H2O/c1-32(2)41(29-49-26-21-40(43(5,6)31-49)36-12-16-38(45)17-13-36)47-23-19-34-9-7-8-33(28-34)18-22-46-24-27-48-25-20-39(42(3,4)30-48)35-10-14-37(44)15-11-35;1-3-2;;;;;;/h7,9,12,32-35,37-41,46-47H,8,10-11,13-31H2,1-6H3;3H2,1-2H3;6*1H2/t33?,34?,35?,37?,38?,39?,40?,41-;;;;;;;/m0......./s1. The summed E-state index contributed by atoms with van der Waals surface area (Å²) < 4.78 is 0. The summed E-state index contributed by atoms with van der Waals surface area (Å²) in [5.41, 5.74) is 2.45. The first-order chi connectivity index (χ1) is 24.8. The van der Waals surface area contributed by atoms with E-state index in [9.17, 15) is 0 Å². The Morgan fingerprint density at radius 1 is 0.741 bits per heavy atom. The van der Waals surface area contributed by atoms with E-state index in [1.54, 1.807) is 5.57 Å². The van der Waals surface area contributed by atoms with Crippen molar-refractivity contribution in [2.45, 2.75) is 162 Å². The summed E-state index contributed by atoms with van der Waals surface area (Å²) >= 11 is 12.8. The van der Waals surface area contributed by atoms with Crippen molar-refractivity contribution < 1.29 is 32.9 Å². The molecule has 5 aliphatic rings. The Bertz CT molecular complexity index is 1090. The second-order valence-corrected chi connectivity index (χ2v) is 21.0. The fraction of sp³-hybridized carbons (Fsp3) is 0.913. The first kappa shape index (κ1) is 62.0. The zero-order valence-corrected chi connectivity index (χ0v) is 39.9. The van der Waals surface area contributed by atoms with Crippen LogP contribution in [0.25, 0.3) is 0 Å². The Kier molecular flexibility index (Phi) is 32.8. The van der Waals surface area contributed by atoms with Crippen LogP contribution in [0.5, 0.6) is 0 Å². The molecule has 0 aromatic heterocycles.